The number of anilines is 1. The second-order valence-corrected chi connectivity index (χ2v) is 8.85. The second-order valence-electron chi connectivity index (χ2n) is 8.85. The van der Waals surface area contributed by atoms with Crippen molar-refractivity contribution in [3.8, 4) is 5.75 Å². The van der Waals surface area contributed by atoms with Crippen molar-refractivity contribution in [3.63, 3.8) is 0 Å². The van der Waals surface area contributed by atoms with Crippen molar-refractivity contribution in [2.75, 3.05) is 19.0 Å². The number of hydrogen-bond acceptors (Lipinski definition) is 5. The summed E-state index contributed by atoms with van der Waals surface area (Å²) in [5.41, 5.74) is 3.54. The van der Waals surface area contributed by atoms with Gasteiger partial charge in [-0.15, -0.1) is 0 Å². The number of methoxy groups -OCH3 is 1. The van der Waals surface area contributed by atoms with E-state index in [1.165, 1.54) is 19.3 Å². The van der Waals surface area contributed by atoms with E-state index in [2.05, 4.69) is 25.5 Å². The highest BCUT2D eigenvalue weighted by molar-refractivity contribution is 5.89. The zero-order chi connectivity index (χ0) is 22.1. The number of aryl methyl sites for hydroxylation is 1. The van der Waals surface area contributed by atoms with Gasteiger partial charge in [0.05, 0.1) is 36.1 Å². The van der Waals surface area contributed by atoms with Crippen LogP contribution in [-0.2, 0) is 0 Å². The molecule has 2 amide bonds. The molecule has 0 bridgehead atoms. The number of aromatic amines is 1. The van der Waals surface area contributed by atoms with Crippen LogP contribution in [0.3, 0.4) is 0 Å². The molecule has 1 aliphatic carbocycles. The summed E-state index contributed by atoms with van der Waals surface area (Å²) in [6, 6.07) is 10.3. The largest absolute Gasteiger partial charge is 0.497 e. The Morgan fingerprint density at radius 1 is 1.22 bits per heavy atom. The van der Waals surface area contributed by atoms with Crippen molar-refractivity contribution in [1.82, 2.24) is 25.2 Å². The summed E-state index contributed by atoms with van der Waals surface area (Å²) in [5.74, 6) is 1.78. The molecule has 8 nitrogen and oxygen atoms in total. The Hall–Kier alpha value is -3.13. The van der Waals surface area contributed by atoms with Crippen LogP contribution in [0.1, 0.15) is 49.7 Å². The van der Waals surface area contributed by atoms with Crippen LogP contribution in [0, 0.1) is 6.92 Å². The fourth-order valence-electron chi connectivity index (χ4n) is 4.73. The molecule has 0 radical (unpaired) electrons. The summed E-state index contributed by atoms with van der Waals surface area (Å²) in [4.78, 5) is 27.8. The number of piperidine rings is 1. The summed E-state index contributed by atoms with van der Waals surface area (Å²) in [5, 5.41) is 6.06. The van der Waals surface area contributed by atoms with Crippen LogP contribution in [0.25, 0.3) is 11.0 Å². The Balaban J connectivity index is 1.32. The van der Waals surface area contributed by atoms with Crippen molar-refractivity contribution >= 4 is 22.8 Å². The number of rotatable bonds is 5. The molecule has 2 aliphatic rings. The number of aromatic nitrogens is 3. The second kappa shape index (κ2) is 8.78. The van der Waals surface area contributed by atoms with Crippen LogP contribution in [0.5, 0.6) is 5.75 Å². The van der Waals surface area contributed by atoms with Gasteiger partial charge in [0, 0.05) is 30.4 Å². The van der Waals surface area contributed by atoms with Gasteiger partial charge >= 0.3 is 6.03 Å². The summed E-state index contributed by atoms with van der Waals surface area (Å²) < 4.78 is 5.36. The number of likely N-dealkylation sites (tertiary alicyclic amines) is 1. The monoisotopic (exact) mass is 434 g/mol. The molecule has 3 aromatic rings. The number of carbonyl (C=O) groups is 1. The van der Waals surface area contributed by atoms with Crippen LogP contribution in [0.2, 0.25) is 0 Å². The van der Waals surface area contributed by atoms with Crippen LogP contribution < -0.4 is 15.4 Å². The molecule has 168 valence electrons. The molecule has 1 aliphatic heterocycles. The first-order chi connectivity index (χ1) is 15.6. The molecular weight excluding hydrogens is 404 g/mol. The SMILES string of the molecule is COc1ccc2nc(C3CC(NC(=O)Nc4ccc(C)nc4)CCN3C3CCC3)[nH]c2c1. The van der Waals surface area contributed by atoms with E-state index in [0.717, 1.165) is 47.7 Å². The quantitative estimate of drug-likeness (QED) is 0.561. The lowest BCUT2D eigenvalue weighted by atomic mass is 9.86. The van der Waals surface area contributed by atoms with Crippen LogP contribution in [-0.4, -0.2) is 51.6 Å². The minimum atomic E-state index is -0.189. The van der Waals surface area contributed by atoms with E-state index in [1.54, 1.807) is 13.3 Å². The van der Waals surface area contributed by atoms with Gasteiger partial charge in [0.25, 0.3) is 0 Å². The average Bonchev–Trinajstić information content (AvgIpc) is 3.18. The molecule has 2 unspecified atom stereocenters. The Kier molecular flexibility index (Phi) is 5.70. The number of imidazole rings is 1. The Morgan fingerprint density at radius 3 is 2.81 bits per heavy atom. The molecule has 8 heteroatoms. The predicted octanol–water partition coefficient (Wildman–Crippen LogP) is 4.15. The van der Waals surface area contributed by atoms with E-state index in [1.807, 2.05) is 37.3 Å². The molecule has 2 fully saturated rings. The lowest BCUT2D eigenvalue weighted by Gasteiger charge is -2.46. The fourth-order valence-corrected chi connectivity index (χ4v) is 4.73. The predicted molar refractivity (Wildman–Crippen MR) is 124 cm³/mol. The van der Waals surface area contributed by atoms with Gasteiger partial charge in [-0.1, -0.05) is 6.42 Å². The normalized spacial score (nSPS) is 21.8. The van der Waals surface area contributed by atoms with Crippen molar-refractivity contribution in [2.24, 2.45) is 0 Å². The lowest BCUT2D eigenvalue weighted by Crippen LogP contribution is -2.52. The lowest BCUT2D eigenvalue weighted by molar-refractivity contribution is 0.0374. The molecule has 5 rings (SSSR count). The van der Waals surface area contributed by atoms with Crippen molar-refractivity contribution in [2.45, 2.75) is 57.2 Å². The molecule has 1 aromatic carbocycles. The molecule has 1 saturated carbocycles. The average molecular weight is 435 g/mol. The minimum absolute atomic E-state index is 0.0810. The Bertz CT molecular complexity index is 1090. The number of hydrogen-bond donors (Lipinski definition) is 3. The molecule has 2 aromatic heterocycles. The highest BCUT2D eigenvalue weighted by atomic mass is 16.5. The van der Waals surface area contributed by atoms with E-state index in [-0.39, 0.29) is 18.1 Å². The van der Waals surface area contributed by atoms with Crippen LogP contribution in [0.4, 0.5) is 10.5 Å². The van der Waals surface area contributed by atoms with Gasteiger partial charge < -0.3 is 20.4 Å². The maximum absolute atomic E-state index is 12.6. The topological polar surface area (TPSA) is 95.2 Å². The third kappa shape index (κ3) is 4.27. The van der Waals surface area contributed by atoms with Crippen molar-refractivity contribution < 1.29 is 9.53 Å². The number of fused-ring (bicyclic) bond motifs is 1. The van der Waals surface area contributed by atoms with Gasteiger partial charge in [0.15, 0.2) is 0 Å². The highest BCUT2D eigenvalue weighted by Gasteiger charge is 2.38. The smallest absolute Gasteiger partial charge is 0.319 e. The number of carbonyl (C=O) groups excluding carboxylic acids is 1. The number of H-pyrrole nitrogens is 1. The highest BCUT2D eigenvalue weighted by Crippen LogP contribution is 2.38. The molecule has 2 atom stereocenters. The molecule has 3 N–H and O–H groups in total. The van der Waals surface area contributed by atoms with E-state index in [0.29, 0.717) is 11.7 Å². The molecule has 32 heavy (non-hydrogen) atoms. The summed E-state index contributed by atoms with van der Waals surface area (Å²) in [7, 11) is 1.67. The van der Waals surface area contributed by atoms with E-state index < -0.39 is 0 Å². The zero-order valence-corrected chi connectivity index (χ0v) is 18.6. The third-order valence-corrected chi connectivity index (χ3v) is 6.72. The van der Waals surface area contributed by atoms with Gasteiger partial charge in [-0.2, -0.15) is 0 Å². The first-order valence-corrected chi connectivity index (χ1v) is 11.4. The van der Waals surface area contributed by atoms with Crippen molar-refractivity contribution in [1.29, 1.82) is 0 Å². The number of pyridine rings is 1. The molecule has 0 spiro atoms. The number of amides is 2. The summed E-state index contributed by atoms with van der Waals surface area (Å²) in [6.45, 7) is 2.88. The Labute approximate surface area is 187 Å². The van der Waals surface area contributed by atoms with Gasteiger partial charge in [0.1, 0.15) is 11.6 Å². The number of nitrogens with one attached hydrogen (secondary N) is 3. The van der Waals surface area contributed by atoms with Gasteiger partial charge in [-0.25, -0.2) is 9.78 Å². The number of benzene rings is 1. The van der Waals surface area contributed by atoms with Crippen LogP contribution in [0.15, 0.2) is 36.5 Å². The maximum Gasteiger partial charge on any atom is 0.319 e. The Morgan fingerprint density at radius 2 is 2.09 bits per heavy atom. The third-order valence-electron chi connectivity index (χ3n) is 6.72. The fraction of sp³-hybridized carbons (Fsp3) is 0.458. The summed E-state index contributed by atoms with van der Waals surface area (Å²) in [6.07, 6.45) is 7.21. The number of urea groups is 1. The van der Waals surface area contributed by atoms with Crippen LogP contribution >= 0.6 is 0 Å². The maximum atomic E-state index is 12.6. The molecule has 3 heterocycles. The minimum Gasteiger partial charge on any atom is -0.497 e. The number of ether oxygens (including phenoxy) is 1. The van der Waals surface area contributed by atoms with Gasteiger partial charge in [-0.3, -0.25) is 9.88 Å². The van der Waals surface area contributed by atoms with Gasteiger partial charge in [0.2, 0.25) is 0 Å². The molecular formula is C24H30N6O2. The van der Waals surface area contributed by atoms with E-state index in [4.69, 9.17) is 9.72 Å². The van der Waals surface area contributed by atoms with Crippen molar-refractivity contribution in [3.05, 3.63) is 48.0 Å². The summed E-state index contributed by atoms with van der Waals surface area (Å²) >= 11 is 0. The zero-order valence-electron chi connectivity index (χ0n) is 18.6. The van der Waals surface area contributed by atoms with E-state index in [9.17, 15) is 4.79 Å². The standard InChI is InChI=1S/C24H30N6O2/c1-15-6-7-17(14-25-15)27-24(31)26-16-10-11-30(18-4-3-5-18)22(12-16)23-28-20-9-8-19(32-2)13-21(20)29-23/h6-9,13-14,16,18,22H,3-5,10-12H2,1-2H3,(H,28,29)(H2,26,27,31). The van der Waals surface area contributed by atoms with E-state index >= 15 is 0 Å². The number of nitrogens with zero attached hydrogens (tertiary/aromatic N) is 3. The first-order valence-electron chi connectivity index (χ1n) is 11.4. The molecule has 1 saturated heterocycles. The first kappa shape index (κ1) is 20.8. The van der Waals surface area contributed by atoms with Gasteiger partial charge in [-0.05, 0) is 56.9 Å².